The van der Waals surface area contributed by atoms with Gasteiger partial charge in [0.1, 0.15) is 11.5 Å². The van der Waals surface area contributed by atoms with Crippen LogP contribution in [-0.4, -0.2) is 11.8 Å². The lowest BCUT2D eigenvalue weighted by Gasteiger charge is -2.34. The predicted molar refractivity (Wildman–Crippen MR) is 96.5 cm³/mol. The Bertz CT molecular complexity index is 916. The van der Waals surface area contributed by atoms with Gasteiger partial charge in [0.05, 0.1) is 11.6 Å². The molecule has 0 unspecified atom stereocenters. The molecule has 1 aromatic carbocycles. The van der Waals surface area contributed by atoms with Crippen LogP contribution < -0.4 is 10.6 Å². The molecule has 2 amide bonds. The highest BCUT2D eigenvalue weighted by Gasteiger charge is 2.36. The van der Waals surface area contributed by atoms with E-state index < -0.39 is 29.6 Å². The van der Waals surface area contributed by atoms with Crippen LogP contribution in [0.4, 0.5) is 18.9 Å². The standard InChI is InChI=1S/C20H21F3N2O3/c1-11-7-14-15(9-19(2,3)10-16(14)28-11)25-18(27)17(26)24-13-6-4-5-12(8-13)20(21,22)23/h4-8,15H,9-10H2,1-3H3,(H,24,26)(H,25,27)/t15-/m0/s1. The van der Waals surface area contributed by atoms with E-state index in [2.05, 4.69) is 10.6 Å². The number of hydrogen-bond donors (Lipinski definition) is 2. The van der Waals surface area contributed by atoms with Gasteiger partial charge in [-0.1, -0.05) is 19.9 Å². The van der Waals surface area contributed by atoms with Crippen molar-refractivity contribution in [3.8, 4) is 0 Å². The fourth-order valence-electron chi connectivity index (χ4n) is 3.50. The van der Waals surface area contributed by atoms with Crippen LogP contribution in [0.3, 0.4) is 0 Å². The first-order valence-electron chi connectivity index (χ1n) is 8.83. The number of carbonyl (C=O) groups excluding carboxylic acids is 2. The highest BCUT2D eigenvalue weighted by molar-refractivity contribution is 6.39. The molecular formula is C20H21F3N2O3. The van der Waals surface area contributed by atoms with Crippen molar-refractivity contribution in [2.75, 3.05) is 5.32 Å². The molecule has 0 aliphatic heterocycles. The minimum Gasteiger partial charge on any atom is -0.466 e. The summed E-state index contributed by atoms with van der Waals surface area (Å²) in [7, 11) is 0. The first-order valence-corrected chi connectivity index (χ1v) is 8.83. The Morgan fingerprint density at radius 3 is 2.57 bits per heavy atom. The van der Waals surface area contributed by atoms with Gasteiger partial charge >= 0.3 is 18.0 Å². The Labute approximate surface area is 160 Å². The number of anilines is 1. The van der Waals surface area contributed by atoms with E-state index >= 15 is 0 Å². The topological polar surface area (TPSA) is 71.3 Å². The van der Waals surface area contributed by atoms with Gasteiger partial charge < -0.3 is 15.1 Å². The fraction of sp³-hybridized carbons (Fsp3) is 0.400. The number of alkyl halides is 3. The highest BCUT2D eigenvalue weighted by Crippen LogP contribution is 2.42. The van der Waals surface area contributed by atoms with Gasteiger partial charge in [0, 0.05) is 17.7 Å². The number of fused-ring (bicyclic) bond motifs is 1. The zero-order chi connectivity index (χ0) is 20.7. The molecule has 28 heavy (non-hydrogen) atoms. The summed E-state index contributed by atoms with van der Waals surface area (Å²) in [5.74, 6) is -0.443. The molecule has 1 aromatic heterocycles. The second-order valence-electron chi connectivity index (χ2n) is 7.84. The average Bonchev–Trinajstić information content (AvgIpc) is 2.93. The Morgan fingerprint density at radius 1 is 1.18 bits per heavy atom. The van der Waals surface area contributed by atoms with E-state index in [4.69, 9.17) is 4.42 Å². The van der Waals surface area contributed by atoms with Crippen LogP contribution in [0.2, 0.25) is 0 Å². The molecule has 3 rings (SSSR count). The van der Waals surface area contributed by atoms with E-state index in [1.54, 1.807) is 0 Å². The predicted octanol–water partition coefficient (Wildman–Crippen LogP) is 4.38. The second-order valence-corrected chi connectivity index (χ2v) is 7.84. The Balaban J connectivity index is 1.72. The summed E-state index contributed by atoms with van der Waals surface area (Å²) in [4.78, 5) is 24.5. The van der Waals surface area contributed by atoms with E-state index in [-0.39, 0.29) is 11.1 Å². The summed E-state index contributed by atoms with van der Waals surface area (Å²) in [6.45, 7) is 5.88. The lowest BCUT2D eigenvalue weighted by Crippen LogP contribution is -2.41. The fourth-order valence-corrected chi connectivity index (χ4v) is 3.50. The molecule has 0 saturated carbocycles. The van der Waals surface area contributed by atoms with Crippen LogP contribution in [0, 0.1) is 12.3 Å². The number of aryl methyl sites for hydroxylation is 1. The molecule has 0 radical (unpaired) electrons. The van der Waals surface area contributed by atoms with E-state index in [9.17, 15) is 22.8 Å². The van der Waals surface area contributed by atoms with Crippen LogP contribution >= 0.6 is 0 Å². The van der Waals surface area contributed by atoms with Crippen LogP contribution in [0.5, 0.6) is 0 Å². The van der Waals surface area contributed by atoms with Crippen molar-refractivity contribution in [1.29, 1.82) is 0 Å². The molecule has 0 fully saturated rings. The number of hydrogen-bond acceptors (Lipinski definition) is 3. The SMILES string of the molecule is Cc1cc2c(o1)CC(C)(C)C[C@@H]2NC(=O)C(=O)Nc1cccc(C(F)(F)F)c1. The van der Waals surface area contributed by atoms with Gasteiger partial charge in [-0.05, 0) is 43.0 Å². The maximum Gasteiger partial charge on any atom is 0.416 e. The number of rotatable bonds is 2. The Hall–Kier alpha value is -2.77. The molecule has 150 valence electrons. The summed E-state index contributed by atoms with van der Waals surface area (Å²) in [5.41, 5.74) is -0.304. The zero-order valence-electron chi connectivity index (χ0n) is 15.7. The van der Waals surface area contributed by atoms with Crippen molar-refractivity contribution in [3.05, 3.63) is 53.0 Å². The Kier molecular flexibility index (Phi) is 4.99. The van der Waals surface area contributed by atoms with Crippen molar-refractivity contribution in [1.82, 2.24) is 5.32 Å². The largest absolute Gasteiger partial charge is 0.466 e. The van der Waals surface area contributed by atoms with E-state index in [1.807, 2.05) is 26.8 Å². The number of nitrogens with one attached hydrogen (secondary N) is 2. The zero-order valence-corrected chi connectivity index (χ0v) is 15.7. The molecule has 2 N–H and O–H groups in total. The molecule has 0 spiro atoms. The monoisotopic (exact) mass is 394 g/mol. The van der Waals surface area contributed by atoms with Crippen molar-refractivity contribution in [3.63, 3.8) is 0 Å². The third-order valence-electron chi connectivity index (χ3n) is 4.70. The third-order valence-corrected chi connectivity index (χ3v) is 4.70. The smallest absolute Gasteiger partial charge is 0.416 e. The molecule has 5 nitrogen and oxygen atoms in total. The number of carbonyl (C=O) groups is 2. The van der Waals surface area contributed by atoms with Crippen LogP contribution in [0.1, 0.15) is 49.0 Å². The quantitative estimate of drug-likeness (QED) is 0.743. The van der Waals surface area contributed by atoms with Gasteiger partial charge in [0.2, 0.25) is 0 Å². The lowest BCUT2D eigenvalue weighted by atomic mass is 9.74. The Morgan fingerprint density at radius 2 is 1.89 bits per heavy atom. The van der Waals surface area contributed by atoms with Crippen molar-refractivity contribution in [2.45, 2.75) is 45.8 Å². The number of halogens is 3. The van der Waals surface area contributed by atoms with E-state index in [0.717, 1.165) is 35.6 Å². The number of amides is 2. The molecule has 0 bridgehead atoms. The summed E-state index contributed by atoms with van der Waals surface area (Å²) >= 11 is 0. The van der Waals surface area contributed by atoms with Crippen LogP contribution in [-0.2, 0) is 22.2 Å². The van der Waals surface area contributed by atoms with E-state index in [1.165, 1.54) is 12.1 Å². The second kappa shape index (κ2) is 7.00. The van der Waals surface area contributed by atoms with Crippen molar-refractivity contribution in [2.24, 2.45) is 5.41 Å². The van der Waals surface area contributed by atoms with Crippen molar-refractivity contribution >= 4 is 17.5 Å². The molecular weight excluding hydrogens is 373 g/mol. The van der Waals surface area contributed by atoms with Gasteiger partial charge in [-0.15, -0.1) is 0 Å². The third kappa shape index (κ3) is 4.37. The molecule has 1 aliphatic carbocycles. The minimum absolute atomic E-state index is 0.0983. The van der Waals surface area contributed by atoms with Gasteiger partial charge in [0.15, 0.2) is 0 Å². The van der Waals surface area contributed by atoms with Gasteiger partial charge in [-0.25, -0.2) is 0 Å². The maximum absolute atomic E-state index is 12.8. The summed E-state index contributed by atoms with van der Waals surface area (Å²) in [6.07, 6.45) is -3.20. The molecule has 1 atom stereocenters. The average molecular weight is 394 g/mol. The van der Waals surface area contributed by atoms with Gasteiger partial charge in [-0.3, -0.25) is 9.59 Å². The first kappa shape index (κ1) is 20.0. The molecule has 1 heterocycles. The lowest BCUT2D eigenvalue weighted by molar-refractivity contribution is -0.137. The normalized spacial score (nSPS) is 18.3. The minimum atomic E-state index is -4.54. The molecule has 2 aromatic rings. The summed E-state index contributed by atoms with van der Waals surface area (Å²) < 4.78 is 44.1. The van der Waals surface area contributed by atoms with E-state index in [0.29, 0.717) is 6.42 Å². The van der Waals surface area contributed by atoms with Crippen LogP contribution in [0.15, 0.2) is 34.7 Å². The highest BCUT2D eigenvalue weighted by atomic mass is 19.4. The first-order chi connectivity index (χ1) is 12.9. The maximum atomic E-state index is 12.8. The molecule has 8 heteroatoms. The summed E-state index contributed by atoms with van der Waals surface area (Å²) in [6, 6.07) is 5.56. The molecule has 0 saturated heterocycles. The number of furan rings is 1. The van der Waals surface area contributed by atoms with Gasteiger partial charge in [0.25, 0.3) is 0 Å². The summed E-state index contributed by atoms with van der Waals surface area (Å²) in [5, 5.41) is 4.89. The number of benzene rings is 1. The van der Waals surface area contributed by atoms with Crippen molar-refractivity contribution < 1.29 is 27.2 Å². The molecule has 1 aliphatic rings. The van der Waals surface area contributed by atoms with Gasteiger partial charge in [-0.2, -0.15) is 13.2 Å². The van der Waals surface area contributed by atoms with Crippen LogP contribution in [0.25, 0.3) is 0 Å².